The highest BCUT2D eigenvalue weighted by atomic mass is 32.2. The van der Waals surface area contributed by atoms with Crippen molar-refractivity contribution in [1.29, 1.82) is 0 Å². The van der Waals surface area contributed by atoms with Crippen LogP contribution in [0.15, 0.2) is 47.4 Å². The first-order valence-electron chi connectivity index (χ1n) is 9.29. The van der Waals surface area contributed by atoms with Crippen LogP contribution in [-0.2, 0) is 10.0 Å². The number of benzene rings is 2. The molecule has 0 radical (unpaired) electrons. The van der Waals surface area contributed by atoms with Crippen molar-refractivity contribution in [2.45, 2.75) is 24.7 Å². The van der Waals surface area contributed by atoms with Crippen molar-refractivity contribution in [3.8, 4) is 5.69 Å². The number of halogens is 1. The highest BCUT2D eigenvalue weighted by Gasteiger charge is 2.24. The van der Waals surface area contributed by atoms with E-state index in [9.17, 15) is 17.6 Å². The Hall–Kier alpha value is -3.18. The Bertz CT molecular complexity index is 1210. The van der Waals surface area contributed by atoms with Gasteiger partial charge in [0, 0.05) is 12.1 Å². The van der Waals surface area contributed by atoms with E-state index in [4.69, 9.17) is 0 Å². The third kappa shape index (κ3) is 4.36. The number of aryl methyl sites for hydroxylation is 1. The second-order valence-corrected chi connectivity index (χ2v) is 8.85. The maximum atomic E-state index is 14.3. The van der Waals surface area contributed by atoms with Crippen LogP contribution in [0.4, 0.5) is 10.1 Å². The summed E-state index contributed by atoms with van der Waals surface area (Å²) < 4.78 is 43.1. The number of tetrazole rings is 1. The minimum atomic E-state index is -3.72. The summed E-state index contributed by atoms with van der Waals surface area (Å²) in [6, 6.07) is 9.67. The highest BCUT2D eigenvalue weighted by molar-refractivity contribution is 7.89. The zero-order chi connectivity index (χ0) is 21.3. The predicted octanol–water partition coefficient (Wildman–Crippen LogP) is 2.05. The Balaban J connectivity index is 1.55. The van der Waals surface area contributed by atoms with Crippen LogP contribution in [0, 0.1) is 18.7 Å². The highest BCUT2D eigenvalue weighted by Crippen LogP contribution is 2.28. The van der Waals surface area contributed by atoms with Gasteiger partial charge in [0.1, 0.15) is 5.82 Å². The molecule has 30 heavy (non-hydrogen) atoms. The molecule has 0 spiro atoms. The minimum absolute atomic E-state index is 0.0191. The van der Waals surface area contributed by atoms with E-state index in [0.29, 0.717) is 24.0 Å². The molecule has 1 aromatic heterocycles. The van der Waals surface area contributed by atoms with Crippen molar-refractivity contribution in [2.75, 3.05) is 11.9 Å². The van der Waals surface area contributed by atoms with Gasteiger partial charge in [0.15, 0.2) is 5.82 Å². The molecule has 1 heterocycles. The number of hydrogen-bond donors (Lipinski definition) is 2. The predicted molar refractivity (Wildman–Crippen MR) is 106 cm³/mol. The fourth-order valence-electron chi connectivity index (χ4n) is 2.84. The summed E-state index contributed by atoms with van der Waals surface area (Å²) >= 11 is 0. The number of nitrogens with zero attached hydrogens (tertiary/aromatic N) is 4. The summed E-state index contributed by atoms with van der Waals surface area (Å²) in [4.78, 5) is 12.6. The van der Waals surface area contributed by atoms with Gasteiger partial charge in [-0.1, -0.05) is 6.07 Å². The molecule has 11 heteroatoms. The van der Waals surface area contributed by atoms with Gasteiger partial charge in [-0.15, -0.1) is 5.10 Å². The number of sulfonamides is 1. The molecule has 1 aliphatic rings. The second kappa shape index (κ2) is 7.92. The van der Waals surface area contributed by atoms with Gasteiger partial charge in [-0.2, -0.15) is 4.68 Å². The van der Waals surface area contributed by atoms with Crippen molar-refractivity contribution < 1.29 is 17.6 Å². The summed E-state index contributed by atoms with van der Waals surface area (Å²) in [5.41, 5.74) is 0.482. The standard InChI is InChI=1S/C19H19FN6O3S/c1-12-23-24-25-26(12)15-7-8-17(20)18(10-15)22-19(27)14-3-2-4-16(9-14)30(28,29)21-11-13-5-6-13/h2-4,7-10,13,21H,5-6,11H2,1H3,(H,22,27). The molecule has 1 saturated carbocycles. The number of nitrogens with one attached hydrogen (secondary N) is 2. The normalized spacial score (nSPS) is 13.9. The first kappa shape index (κ1) is 20.1. The maximum absolute atomic E-state index is 14.3. The zero-order valence-electron chi connectivity index (χ0n) is 16.0. The second-order valence-electron chi connectivity index (χ2n) is 7.08. The van der Waals surface area contributed by atoms with Gasteiger partial charge in [0.25, 0.3) is 5.91 Å². The fraction of sp³-hybridized carbons (Fsp3) is 0.263. The molecule has 1 aliphatic carbocycles. The molecule has 0 unspecified atom stereocenters. The summed E-state index contributed by atoms with van der Waals surface area (Å²) in [5, 5.41) is 13.6. The number of carbonyl (C=O) groups is 1. The average molecular weight is 430 g/mol. The number of rotatable bonds is 7. The Labute approximate surface area is 172 Å². The number of carbonyl (C=O) groups excluding carboxylic acids is 1. The van der Waals surface area contributed by atoms with Gasteiger partial charge in [0.2, 0.25) is 10.0 Å². The van der Waals surface area contributed by atoms with Gasteiger partial charge in [-0.3, -0.25) is 4.79 Å². The smallest absolute Gasteiger partial charge is 0.255 e. The van der Waals surface area contributed by atoms with E-state index < -0.39 is 21.7 Å². The molecule has 156 valence electrons. The zero-order valence-corrected chi connectivity index (χ0v) is 16.9. The van der Waals surface area contributed by atoms with E-state index in [-0.39, 0.29) is 16.1 Å². The molecule has 3 aromatic rings. The third-order valence-electron chi connectivity index (χ3n) is 4.73. The van der Waals surface area contributed by atoms with Gasteiger partial charge >= 0.3 is 0 Å². The number of amides is 1. The lowest BCUT2D eigenvalue weighted by atomic mass is 10.2. The van der Waals surface area contributed by atoms with E-state index >= 15 is 0 Å². The number of aromatic nitrogens is 4. The summed E-state index contributed by atoms with van der Waals surface area (Å²) in [6.07, 6.45) is 2.03. The lowest BCUT2D eigenvalue weighted by Crippen LogP contribution is -2.26. The molecule has 0 saturated heterocycles. The van der Waals surface area contributed by atoms with Gasteiger partial charge in [-0.05, 0) is 72.5 Å². The van der Waals surface area contributed by atoms with Gasteiger partial charge in [-0.25, -0.2) is 17.5 Å². The van der Waals surface area contributed by atoms with E-state index in [1.807, 2.05) is 0 Å². The van der Waals surface area contributed by atoms with Crippen LogP contribution in [-0.4, -0.2) is 41.1 Å². The number of anilines is 1. The molecular weight excluding hydrogens is 411 g/mol. The van der Waals surface area contributed by atoms with Crippen molar-refractivity contribution in [1.82, 2.24) is 24.9 Å². The van der Waals surface area contributed by atoms with Crippen LogP contribution < -0.4 is 10.0 Å². The van der Waals surface area contributed by atoms with Crippen LogP contribution in [0.2, 0.25) is 0 Å². The largest absolute Gasteiger partial charge is 0.319 e. The first-order valence-corrected chi connectivity index (χ1v) is 10.8. The van der Waals surface area contributed by atoms with Crippen LogP contribution in [0.25, 0.3) is 5.69 Å². The van der Waals surface area contributed by atoms with Crippen molar-refractivity contribution >= 4 is 21.6 Å². The maximum Gasteiger partial charge on any atom is 0.255 e. The number of hydrogen-bond acceptors (Lipinski definition) is 6. The molecular formula is C19H19FN6O3S. The van der Waals surface area contributed by atoms with Crippen molar-refractivity contribution in [2.24, 2.45) is 5.92 Å². The summed E-state index contributed by atoms with van der Waals surface area (Å²) in [5.74, 6) is -0.410. The van der Waals surface area contributed by atoms with E-state index in [2.05, 4.69) is 25.6 Å². The van der Waals surface area contributed by atoms with Gasteiger partial charge in [0.05, 0.1) is 16.3 Å². The summed E-state index contributed by atoms with van der Waals surface area (Å²) in [7, 11) is -3.72. The molecule has 4 rings (SSSR count). The molecule has 1 amide bonds. The topological polar surface area (TPSA) is 119 Å². The SMILES string of the molecule is Cc1nnnn1-c1ccc(F)c(NC(=O)c2cccc(S(=O)(=O)NCC3CC3)c2)c1. The van der Waals surface area contributed by atoms with Crippen LogP contribution >= 0.6 is 0 Å². The monoisotopic (exact) mass is 430 g/mol. The Morgan fingerprint density at radius 1 is 1.23 bits per heavy atom. The lowest BCUT2D eigenvalue weighted by Gasteiger charge is -2.11. The van der Waals surface area contributed by atoms with E-state index in [1.165, 1.54) is 47.1 Å². The molecule has 0 bridgehead atoms. The Kier molecular flexibility index (Phi) is 5.31. The molecule has 0 aliphatic heterocycles. The quantitative estimate of drug-likeness (QED) is 0.592. The molecule has 2 aromatic carbocycles. The molecule has 9 nitrogen and oxygen atoms in total. The van der Waals surface area contributed by atoms with Crippen LogP contribution in [0.5, 0.6) is 0 Å². The van der Waals surface area contributed by atoms with E-state index in [0.717, 1.165) is 12.8 Å². The van der Waals surface area contributed by atoms with Crippen molar-refractivity contribution in [3.05, 3.63) is 59.7 Å². The minimum Gasteiger partial charge on any atom is -0.319 e. The molecule has 2 N–H and O–H groups in total. The lowest BCUT2D eigenvalue weighted by molar-refractivity contribution is 0.102. The van der Waals surface area contributed by atoms with Crippen LogP contribution in [0.3, 0.4) is 0 Å². The first-order chi connectivity index (χ1) is 14.3. The summed E-state index contributed by atoms with van der Waals surface area (Å²) in [6.45, 7) is 2.07. The van der Waals surface area contributed by atoms with Crippen LogP contribution in [0.1, 0.15) is 29.0 Å². The fourth-order valence-corrected chi connectivity index (χ4v) is 4.00. The average Bonchev–Trinajstić information content (AvgIpc) is 3.47. The van der Waals surface area contributed by atoms with E-state index in [1.54, 1.807) is 6.92 Å². The Morgan fingerprint density at radius 3 is 2.73 bits per heavy atom. The van der Waals surface area contributed by atoms with Gasteiger partial charge < -0.3 is 5.32 Å². The van der Waals surface area contributed by atoms with Crippen molar-refractivity contribution in [3.63, 3.8) is 0 Å². The third-order valence-corrected chi connectivity index (χ3v) is 6.15. The molecule has 0 atom stereocenters. The Morgan fingerprint density at radius 2 is 2.03 bits per heavy atom. The molecule has 1 fully saturated rings.